The highest BCUT2D eigenvalue weighted by atomic mass is 35.5. The number of nitrogens with zero attached hydrogens (tertiary/aromatic N) is 3. The average molecular weight is 627 g/mol. The minimum absolute atomic E-state index is 0.0973. The summed E-state index contributed by atoms with van der Waals surface area (Å²) in [5, 5.41) is 0.715. The van der Waals surface area contributed by atoms with Gasteiger partial charge in [-0.1, -0.05) is 41.4 Å². The van der Waals surface area contributed by atoms with Gasteiger partial charge < -0.3 is 23.3 Å². The van der Waals surface area contributed by atoms with E-state index < -0.39 is 5.97 Å². The standard InChI is InChI=1S/C33H37Cl2N3O5/c1-7-43-33(40)29-30(38(20(2)3)31(36-29)25-10-8-9-11-28(25)42-6)26(24-13-12-23(34)16-21(24)4)17-22-18-27(35)32(39)37(19-22)14-15-41-5/h8-13,16,18-20,26H,7,14-15,17H2,1-6H3. The number of aromatic nitrogens is 3. The van der Waals surface area contributed by atoms with Crippen LogP contribution in [0, 0.1) is 6.92 Å². The number of pyridine rings is 1. The molecule has 43 heavy (non-hydrogen) atoms. The van der Waals surface area contributed by atoms with Crippen molar-refractivity contribution in [1.29, 1.82) is 0 Å². The maximum atomic E-state index is 13.6. The Balaban J connectivity index is 2.05. The van der Waals surface area contributed by atoms with Crippen LogP contribution in [0.2, 0.25) is 10.0 Å². The van der Waals surface area contributed by atoms with Gasteiger partial charge >= 0.3 is 5.97 Å². The first kappa shape index (κ1) is 32.3. The van der Waals surface area contributed by atoms with Gasteiger partial charge in [0.1, 0.15) is 16.6 Å². The van der Waals surface area contributed by atoms with Gasteiger partial charge in [0, 0.05) is 36.8 Å². The molecule has 0 aliphatic heterocycles. The lowest BCUT2D eigenvalue weighted by atomic mass is 9.85. The van der Waals surface area contributed by atoms with Crippen molar-refractivity contribution < 1.29 is 19.0 Å². The SMILES string of the molecule is CCOC(=O)c1nc(-c2ccccc2OC)n(C(C)C)c1C(Cc1cc(Cl)c(=O)n(CCOC)c1)c1ccc(Cl)cc1C. The third-order valence-corrected chi connectivity index (χ3v) is 7.80. The molecule has 0 radical (unpaired) electrons. The fraction of sp³-hybridized carbons (Fsp3) is 0.364. The van der Waals surface area contributed by atoms with E-state index in [0.29, 0.717) is 41.9 Å². The highest BCUT2D eigenvalue weighted by molar-refractivity contribution is 6.30. The number of halogens is 2. The number of aryl methyl sites for hydroxylation is 1. The van der Waals surface area contributed by atoms with E-state index in [1.165, 1.54) is 0 Å². The van der Waals surface area contributed by atoms with Crippen LogP contribution in [0.15, 0.2) is 59.5 Å². The van der Waals surface area contributed by atoms with Crippen molar-refractivity contribution in [2.24, 2.45) is 0 Å². The number of para-hydroxylation sites is 1. The molecule has 0 amide bonds. The molecule has 0 aliphatic carbocycles. The first-order chi connectivity index (χ1) is 20.6. The Morgan fingerprint density at radius 2 is 1.81 bits per heavy atom. The summed E-state index contributed by atoms with van der Waals surface area (Å²) < 4.78 is 20.1. The minimum atomic E-state index is -0.521. The summed E-state index contributed by atoms with van der Waals surface area (Å²) in [7, 11) is 3.19. The van der Waals surface area contributed by atoms with E-state index in [4.69, 9.17) is 42.4 Å². The number of hydrogen-bond donors (Lipinski definition) is 0. The molecule has 1 unspecified atom stereocenters. The van der Waals surface area contributed by atoms with E-state index in [-0.39, 0.29) is 34.8 Å². The number of esters is 1. The van der Waals surface area contributed by atoms with Crippen LogP contribution in [0.4, 0.5) is 0 Å². The number of carbonyl (C=O) groups excluding carboxylic acids is 1. The smallest absolute Gasteiger partial charge is 0.358 e. The van der Waals surface area contributed by atoms with Crippen LogP contribution in [0.1, 0.15) is 65.6 Å². The summed E-state index contributed by atoms with van der Waals surface area (Å²) in [6.45, 7) is 8.76. The molecule has 1 atom stereocenters. The first-order valence-corrected chi connectivity index (χ1v) is 14.9. The maximum absolute atomic E-state index is 13.6. The molecule has 2 aromatic carbocycles. The molecule has 4 rings (SSSR count). The Morgan fingerprint density at radius 1 is 1.07 bits per heavy atom. The molecule has 2 heterocycles. The van der Waals surface area contributed by atoms with Crippen LogP contribution in [0.3, 0.4) is 0 Å². The van der Waals surface area contributed by atoms with Crippen LogP contribution in [0.5, 0.6) is 5.75 Å². The van der Waals surface area contributed by atoms with E-state index in [2.05, 4.69) is 4.57 Å². The third kappa shape index (κ3) is 6.98. The van der Waals surface area contributed by atoms with Crippen molar-refractivity contribution in [3.05, 3.63) is 103 Å². The zero-order valence-corrected chi connectivity index (χ0v) is 26.8. The Hall–Kier alpha value is -3.59. The number of hydrogen-bond acceptors (Lipinski definition) is 6. The second-order valence-electron chi connectivity index (χ2n) is 10.5. The minimum Gasteiger partial charge on any atom is -0.496 e. The van der Waals surface area contributed by atoms with Gasteiger partial charge in [0.05, 0.1) is 31.6 Å². The summed E-state index contributed by atoms with van der Waals surface area (Å²) in [5.41, 5.74) is 4.07. The predicted molar refractivity (Wildman–Crippen MR) is 170 cm³/mol. The van der Waals surface area contributed by atoms with E-state index in [9.17, 15) is 9.59 Å². The van der Waals surface area contributed by atoms with Gasteiger partial charge in [-0.05, 0) is 81.1 Å². The number of rotatable bonds is 12. The van der Waals surface area contributed by atoms with Crippen molar-refractivity contribution >= 4 is 29.2 Å². The van der Waals surface area contributed by atoms with Crippen molar-refractivity contribution in [2.75, 3.05) is 27.4 Å². The normalized spacial score (nSPS) is 12.0. The second-order valence-corrected chi connectivity index (χ2v) is 11.3. The largest absolute Gasteiger partial charge is 0.496 e. The van der Waals surface area contributed by atoms with Gasteiger partial charge in [-0.2, -0.15) is 0 Å². The molecule has 0 saturated heterocycles. The van der Waals surface area contributed by atoms with Crippen LogP contribution in [-0.2, 0) is 22.4 Å². The van der Waals surface area contributed by atoms with E-state index in [1.54, 1.807) is 38.0 Å². The molecule has 4 aromatic rings. The molecule has 0 N–H and O–H groups in total. The second kappa shape index (κ2) is 14.3. The van der Waals surface area contributed by atoms with Crippen LogP contribution in [-0.4, -0.2) is 47.5 Å². The lowest BCUT2D eigenvalue weighted by molar-refractivity contribution is 0.0518. The predicted octanol–water partition coefficient (Wildman–Crippen LogP) is 7.11. The van der Waals surface area contributed by atoms with Crippen LogP contribution in [0.25, 0.3) is 11.4 Å². The quantitative estimate of drug-likeness (QED) is 0.156. The van der Waals surface area contributed by atoms with Gasteiger partial charge in [0.25, 0.3) is 5.56 Å². The number of methoxy groups -OCH3 is 2. The molecule has 0 spiro atoms. The lowest BCUT2D eigenvalue weighted by Gasteiger charge is -2.26. The topological polar surface area (TPSA) is 84.6 Å². The summed E-state index contributed by atoms with van der Waals surface area (Å²) in [4.78, 5) is 31.3. The summed E-state index contributed by atoms with van der Waals surface area (Å²) in [6.07, 6.45) is 2.21. The van der Waals surface area contributed by atoms with E-state index in [0.717, 1.165) is 22.3 Å². The van der Waals surface area contributed by atoms with Crippen LogP contribution >= 0.6 is 23.2 Å². The molecule has 2 aromatic heterocycles. The molecular weight excluding hydrogens is 589 g/mol. The maximum Gasteiger partial charge on any atom is 0.358 e. The van der Waals surface area contributed by atoms with Gasteiger partial charge in [0.2, 0.25) is 0 Å². The molecule has 228 valence electrons. The number of imidazole rings is 1. The number of ether oxygens (including phenoxy) is 3. The van der Waals surface area contributed by atoms with Crippen LogP contribution < -0.4 is 10.3 Å². The fourth-order valence-electron chi connectivity index (χ4n) is 5.41. The zero-order valence-electron chi connectivity index (χ0n) is 25.3. The monoisotopic (exact) mass is 625 g/mol. The molecule has 8 nitrogen and oxygen atoms in total. The van der Waals surface area contributed by atoms with E-state index in [1.807, 2.05) is 63.2 Å². The Morgan fingerprint density at radius 3 is 2.47 bits per heavy atom. The van der Waals surface area contributed by atoms with Gasteiger partial charge in [-0.15, -0.1) is 0 Å². The Kier molecular flexibility index (Phi) is 10.7. The molecule has 0 fully saturated rings. The average Bonchev–Trinajstić information content (AvgIpc) is 3.38. The van der Waals surface area contributed by atoms with Gasteiger partial charge in [-0.25, -0.2) is 9.78 Å². The molecule has 10 heteroatoms. The summed E-state index contributed by atoms with van der Waals surface area (Å²) >= 11 is 12.8. The zero-order chi connectivity index (χ0) is 31.3. The number of benzene rings is 2. The first-order valence-electron chi connectivity index (χ1n) is 14.2. The molecule has 0 bridgehead atoms. The van der Waals surface area contributed by atoms with Crippen molar-refractivity contribution in [3.63, 3.8) is 0 Å². The highest BCUT2D eigenvalue weighted by Gasteiger charge is 2.33. The Bertz CT molecular complexity index is 1660. The fourth-order valence-corrected chi connectivity index (χ4v) is 5.89. The Labute approximate surface area is 262 Å². The molecule has 0 aliphatic rings. The van der Waals surface area contributed by atoms with Crippen molar-refractivity contribution in [2.45, 2.75) is 52.6 Å². The van der Waals surface area contributed by atoms with Crippen molar-refractivity contribution in [1.82, 2.24) is 14.1 Å². The van der Waals surface area contributed by atoms with Gasteiger partial charge in [0.15, 0.2) is 5.69 Å². The lowest BCUT2D eigenvalue weighted by Crippen LogP contribution is -2.24. The van der Waals surface area contributed by atoms with E-state index >= 15 is 0 Å². The highest BCUT2D eigenvalue weighted by Crippen LogP contribution is 2.40. The molecular formula is C33H37Cl2N3O5. The molecule has 0 saturated carbocycles. The third-order valence-electron chi connectivity index (χ3n) is 7.29. The van der Waals surface area contributed by atoms with Gasteiger partial charge in [-0.3, -0.25) is 4.79 Å². The summed E-state index contributed by atoms with van der Waals surface area (Å²) in [5.74, 6) is 0.310. The van der Waals surface area contributed by atoms with Crippen molar-refractivity contribution in [3.8, 4) is 17.1 Å². The summed E-state index contributed by atoms with van der Waals surface area (Å²) in [6, 6.07) is 14.9. The number of carbonyl (C=O) groups is 1.